The Morgan fingerprint density at radius 3 is 2.31 bits per heavy atom. The Bertz CT molecular complexity index is 361. The monoisotopic (exact) mass is 225 g/mol. The van der Waals surface area contributed by atoms with Crippen LogP contribution in [0.15, 0.2) is 6.20 Å². The zero-order valence-corrected chi connectivity index (χ0v) is 11.1. The summed E-state index contributed by atoms with van der Waals surface area (Å²) in [7, 11) is 1.93. The minimum Gasteiger partial charge on any atom is -0.389 e. The largest absolute Gasteiger partial charge is 0.389 e. The molecule has 1 aromatic rings. The van der Waals surface area contributed by atoms with Crippen molar-refractivity contribution in [1.29, 1.82) is 0 Å². The van der Waals surface area contributed by atoms with Crippen LogP contribution >= 0.6 is 0 Å². The minimum absolute atomic E-state index is 0.338. The molecule has 0 aliphatic carbocycles. The van der Waals surface area contributed by atoms with Crippen LogP contribution in [0, 0.1) is 6.92 Å². The normalized spacial score (nSPS) is 13.2. The molecule has 0 radical (unpaired) electrons. The van der Waals surface area contributed by atoms with Crippen LogP contribution < -0.4 is 5.32 Å². The van der Waals surface area contributed by atoms with Gasteiger partial charge in [-0.1, -0.05) is 0 Å². The maximum Gasteiger partial charge on any atom is 0.0767 e. The lowest BCUT2D eigenvalue weighted by Gasteiger charge is -2.38. The van der Waals surface area contributed by atoms with Gasteiger partial charge in [0, 0.05) is 30.4 Å². The van der Waals surface area contributed by atoms with Crippen LogP contribution in [0.25, 0.3) is 0 Å². The molecule has 0 fully saturated rings. The van der Waals surface area contributed by atoms with Gasteiger partial charge in [0.15, 0.2) is 0 Å². The van der Waals surface area contributed by atoms with E-state index in [0.29, 0.717) is 0 Å². The minimum atomic E-state index is -0.761. The predicted octanol–water partition coefficient (Wildman–Crippen LogP) is 1.37. The first kappa shape index (κ1) is 13.2. The van der Waals surface area contributed by atoms with Gasteiger partial charge in [0.2, 0.25) is 0 Å². The highest BCUT2D eigenvalue weighted by molar-refractivity contribution is 5.16. The summed E-state index contributed by atoms with van der Waals surface area (Å²) < 4.78 is 1.86. The molecular weight excluding hydrogens is 202 g/mol. The quantitative estimate of drug-likeness (QED) is 0.813. The van der Waals surface area contributed by atoms with Gasteiger partial charge >= 0.3 is 0 Å². The third-order valence-electron chi connectivity index (χ3n) is 3.59. The molecule has 0 atom stereocenters. The van der Waals surface area contributed by atoms with E-state index in [1.807, 2.05) is 52.5 Å². The van der Waals surface area contributed by atoms with Crippen molar-refractivity contribution >= 4 is 0 Å². The molecule has 2 N–H and O–H groups in total. The van der Waals surface area contributed by atoms with Crippen LogP contribution in [-0.4, -0.2) is 26.0 Å². The van der Waals surface area contributed by atoms with Gasteiger partial charge in [0.25, 0.3) is 0 Å². The van der Waals surface area contributed by atoms with Crippen molar-refractivity contribution in [3.8, 4) is 0 Å². The van der Waals surface area contributed by atoms with Crippen molar-refractivity contribution in [1.82, 2.24) is 15.1 Å². The van der Waals surface area contributed by atoms with Crippen LogP contribution in [0.3, 0.4) is 0 Å². The summed E-state index contributed by atoms with van der Waals surface area (Å²) >= 11 is 0. The van der Waals surface area contributed by atoms with Crippen LogP contribution in [0.1, 0.15) is 39.0 Å². The Balaban J connectivity index is 2.69. The summed E-state index contributed by atoms with van der Waals surface area (Å²) in [6.45, 7) is 10.4. The summed E-state index contributed by atoms with van der Waals surface area (Å²) in [4.78, 5) is 0. The molecule has 0 aliphatic heterocycles. The van der Waals surface area contributed by atoms with Crippen molar-refractivity contribution < 1.29 is 5.11 Å². The summed E-state index contributed by atoms with van der Waals surface area (Å²) in [5, 5.41) is 17.6. The Kier molecular flexibility index (Phi) is 3.45. The van der Waals surface area contributed by atoms with Crippen molar-refractivity contribution in [2.45, 2.75) is 52.3 Å². The number of aryl methyl sites for hydroxylation is 1. The van der Waals surface area contributed by atoms with Crippen LogP contribution in [-0.2, 0) is 13.6 Å². The molecular formula is C12H23N3O. The van der Waals surface area contributed by atoms with Gasteiger partial charge in [0.05, 0.1) is 11.8 Å². The first-order valence-electron chi connectivity index (χ1n) is 5.60. The predicted molar refractivity (Wildman–Crippen MR) is 65.2 cm³/mol. The van der Waals surface area contributed by atoms with Crippen molar-refractivity contribution in [2.75, 3.05) is 0 Å². The van der Waals surface area contributed by atoms with Gasteiger partial charge in [-0.2, -0.15) is 5.10 Å². The van der Waals surface area contributed by atoms with E-state index in [4.69, 9.17) is 0 Å². The number of nitrogens with zero attached hydrogens (tertiary/aromatic N) is 2. The smallest absolute Gasteiger partial charge is 0.0767 e. The maximum absolute atomic E-state index is 10.0. The lowest BCUT2D eigenvalue weighted by Crippen LogP contribution is -2.55. The average molecular weight is 225 g/mol. The maximum atomic E-state index is 10.0. The number of aromatic nitrogens is 2. The van der Waals surface area contributed by atoms with Gasteiger partial charge in [-0.25, -0.2) is 0 Å². The van der Waals surface area contributed by atoms with Gasteiger partial charge < -0.3 is 10.4 Å². The number of rotatable bonds is 4. The Hall–Kier alpha value is -0.870. The molecule has 1 heterocycles. The third-order valence-corrected chi connectivity index (χ3v) is 3.59. The molecule has 1 rings (SSSR count). The topological polar surface area (TPSA) is 50.1 Å². The van der Waals surface area contributed by atoms with Crippen LogP contribution in [0.2, 0.25) is 0 Å². The van der Waals surface area contributed by atoms with Gasteiger partial charge in [-0.05, 0) is 34.6 Å². The number of hydrogen-bond donors (Lipinski definition) is 2. The zero-order valence-electron chi connectivity index (χ0n) is 11.1. The number of nitrogens with one attached hydrogen (secondary N) is 1. The highest BCUT2D eigenvalue weighted by Gasteiger charge is 2.34. The summed E-state index contributed by atoms with van der Waals surface area (Å²) in [5.74, 6) is 0. The first-order chi connectivity index (χ1) is 7.15. The zero-order chi connectivity index (χ0) is 12.6. The lowest BCUT2D eigenvalue weighted by molar-refractivity contribution is -0.00534. The van der Waals surface area contributed by atoms with Gasteiger partial charge in [-0.15, -0.1) is 0 Å². The van der Waals surface area contributed by atoms with E-state index in [1.54, 1.807) is 0 Å². The van der Waals surface area contributed by atoms with E-state index in [-0.39, 0.29) is 5.54 Å². The molecule has 92 valence electrons. The summed E-state index contributed by atoms with van der Waals surface area (Å²) in [6, 6.07) is 0. The van der Waals surface area contributed by atoms with E-state index in [0.717, 1.165) is 12.2 Å². The van der Waals surface area contributed by atoms with Crippen molar-refractivity contribution in [3.05, 3.63) is 17.5 Å². The molecule has 0 bridgehead atoms. The molecule has 4 heteroatoms. The molecule has 0 aromatic carbocycles. The molecule has 0 unspecified atom stereocenters. The highest BCUT2D eigenvalue weighted by Crippen LogP contribution is 2.21. The Labute approximate surface area is 97.7 Å². The number of hydrogen-bond acceptors (Lipinski definition) is 3. The van der Waals surface area contributed by atoms with Crippen LogP contribution in [0.4, 0.5) is 0 Å². The second-order valence-corrected chi connectivity index (χ2v) is 5.42. The molecule has 4 nitrogen and oxygen atoms in total. The number of aliphatic hydroxyl groups is 1. The average Bonchev–Trinajstić information content (AvgIpc) is 2.43. The fourth-order valence-corrected chi connectivity index (χ4v) is 1.25. The van der Waals surface area contributed by atoms with Gasteiger partial charge in [0.1, 0.15) is 0 Å². The van der Waals surface area contributed by atoms with Gasteiger partial charge in [-0.3, -0.25) is 4.68 Å². The molecule has 0 amide bonds. The van der Waals surface area contributed by atoms with E-state index < -0.39 is 5.60 Å². The molecule has 0 spiro atoms. The molecule has 0 saturated heterocycles. The van der Waals surface area contributed by atoms with E-state index in [2.05, 4.69) is 10.4 Å². The fraction of sp³-hybridized carbons (Fsp3) is 0.750. The standard InChI is InChI=1S/C12H23N3O/c1-9-10(8-14-15(9)6)7-13-11(2,3)12(4,5)16/h8,13,16H,7H2,1-6H3. The lowest BCUT2D eigenvalue weighted by atomic mass is 9.86. The Morgan fingerprint density at radius 1 is 1.38 bits per heavy atom. The van der Waals surface area contributed by atoms with Crippen molar-refractivity contribution in [3.63, 3.8) is 0 Å². The second-order valence-electron chi connectivity index (χ2n) is 5.42. The second kappa shape index (κ2) is 4.18. The van der Waals surface area contributed by atoms with Crippen LogP contribution in [0.5, 0.6) is 0 Å². The Morgan fingerprint density at radius 2 is 1.94 bits per heavy atom. The fourth-order valence-electron chi connectivity index (χ4n) is 1.25. The van der Waals surface area contributed by atoms with Crippen molar-refractivity contribution in [2.24, 2.45) is 7.05 Å². The van der Waals surface area contributed by atoms with E-state index >= 15 is 0 Å². The SMILES string of the molecule is Cc1c(CNC(C)(C)C(C)(C)O)cnn1C. The summed E-state index contributed by atoms with van der Waals surface area (Å²) in [5.41, 5.74) is 1.22. The van der Waals surface area contributed by atoms with E-state index in [1.165, 1.54) is 5.56 Å². The summed E-state index contributed by atoms with van der Waals surface area (Å²) in [6.07, 6.45) is 1.86. The molecule has 0 aliphatic rings. The molecule has 16 heavy (non-hydrogen) atoms. The molecule has 0 saturated carbocycles. The highest BCUT2D eigenvalue weighted by atomic mass is 16.3. The van der Waals surface area contributed by atoms with E-state index in [9.17, 15) is 5.11 Å². The third kappa shape index (κ3) is 2.62. The molecule has 1 aromatic heterocycles. The first-order valence-corrected chi connectivity index (χ1v) is 5.60.